The molecule has 1 aromatic rings. The molecule has 0 saturated heterocycles. The van der Waals surface area contributed by atoms with Crippen LogP contribution in [0.4, 0.5) is 0 Å². The molecule has 10 heavy (non-hydrogen) atoms. The van der Waals surface area contributed by atoms with Gasteiger partial charge in [-0.2, -0.15) is 0 Å². The number of nitrogens with two attached hydrogens (primary N) is 1. The molecule has 0 aliphatic carbocycles. The molecular weight excluding hydrogens is 170 g/mol. The molecule has 0 aliphatic rings. The van der Waals surface area contributed by atoms with Crippen molar-refractivity contribution in [1.29, 1.82) is 0 Å². The van der Waals surface area contributed by atoms with E-state index in [0.29, 0.717) is 0 Å². The van der Waals surface area contributed by atoms with Gasteiger partial charge in [-0.25, -0.2) is 0 Å². The van der Waals surface area contributed by atoms with Crippen LogP contribution in [-0.4, -0.2) is 6.29 Å². The number of hydrogen-bond donors (Lipinski definition) is 1. The Morgan fingerprint density at radius 1 is 1.70 bits per heavy atom. The molecule has 4 heteroatoms. The van der Waals surface area contributed by atoms with Crippen molar-refractivity contribution >= 4 is 30.0 Å². The number of carbonyl (C=O) groups excluding carboxylic acids is 1. The average Bonchev–Trinajstić information content (AvgIpc) is 2.37. The Bertz CT molecular complexity index is 188. The monoisotopic (exact) mass is 176 g/mol. The third-order valence-electron chi connectivity index (χ3n) is 0.977. The number of hydrogen-bond acceptors (Lipinski definition) is 3. The molecule has 0 fully saturated rings. The molecule has 0 amide bonds. The van der Waals surface area contributed by atoms with Crippen molar-refractivity contribution in [1.82, 2.24) is 0 Å². The smallest absolute Gasteiger partial charge is 0.222 e. The van der Waals surface area contributed by atoms with E-state index in [1.165, 1.54) is 11.3 Å². The van der Waals surface area contributed by atoms with Gasteiger partial charge in [0, 0.05) is 4.88 Å². The molecule has 0 aliphatic heterocycles. The summed E-state index contributed by atoms with van der Waals surface area (Å²) in [6, 6.07) is 3.13. The first kappa shape index (κ1) is 9.62. The fourth-order valence-corrected chi connectivity index (χ4v) is 1.19. The third-order valence-corrected chi connectivity index (χ3v) is 1.93. The van der Waals surface area contributed by atoms with Gasteiger partial charge in [-0.3, -0.25) is 4.79 Å². The van der Waals surface area contributed by atoms with Crippen LogP contribution in [0.3, 0.4) is 0 Å². The van der Waals surface area contributed by atoms with Gasteiger partial charge in [-0.05, 0) is 11.4 Å². The second-order valence-electron chi connectivity index (χ2n) is 1.61. The summed E-state index contributed by atoms with van der Waals surface area (Å²) in [4.78, 5) is 10.8. The van der Waals surface area contributed by atoms with Crippen LogP contribution in [0.15, 0.2) is 17.5 Å². The Balaban J connectivity index is 0.000000810. The van der Waals surface area contributed by atoms with Crippen molar-refractivity contribution in [2.75, 3.05) is 0 Å². The average molecular weight is 177 g/mol. The van der Waals surface area contributed by atoms with Gasteiger partial charge in [0.05, 0.1) is 0 Å². The Morgan fingerprint density at radius 2 is 2.40 bits per heavy atom. The first-order valence-electron chi connectivity index (χ1n) is 2.51. The molecule has 55 valence electrons. The maximum atomic E-state index is 9.96. The van der Waals surface area contributed by atoms with Gasteiger partial charge in [0.1, 0.15) is 6.04 Å². The lowest BCUT2D eigenvalue weighted by Crippen LogP contribution is -2.08. The summed E-state index contributed by atoms with van der Waals surface area (Å²) in [5.41, 5.74) is 5.33. The van der Waals surface area contributed by atoms with Crippen LogP contribution < -0.4 is 5.73 Å². The van der Waals surface area contributed by atoms with Gasteiger partial charge in [-0.1, -0.05) is 6.07 Å². The predicted octanol–water partition coefficient (Wildman–Crippen LogP) is 1.28. The number of halogens is 1. The first-order chi connectivity index (χ1) is 4.34. The molecule has 1 aromatic heterocycles. The van der Waals surface area contributed by atoms with Crippen molar-refractivity contribution < 1.29 is 4.79 Å². The van der Waals surface area contributed by atoms with E-state index in [9.17, 15) is 4.79 Å². The number of thiophene rings is 1. The molecular formula is C6H7ClNOS. The van der Waals surface area contributed by atoms with E-state index >= 15 is 0 Å². The quantitative estimate of drug-likeness (QED) is 0.738. The van der Waals surface area contributed by atoms with Crippen LogP contribution in [-0.2, 0) is 4.79 Å². The van der Waals surface area contributed by atoms with Gasteiger partial charge in [0.2, 0.25) is 6.29 Å². The normalized spacial score (nSPS) is 11.7. The molecule has 2 nitrogen and oxygen atoms in total. The van der Waals surface area contributed by atoms with Crippen LogP contribution >= 0.6 is 23.7 Å². The zero-order chi connectivity index (χ0) is 6.69. The zero-order valence-electron chi connectivity index (χ0n) is 5.11. The Hall–Kier alpha value is -0.380. The highest BCUT2D eigenvalue weighted by Crippen LogP contribution is 2.13. The molecule has 1 radical (unpaired) electrons. The van der Waals surface area contributed by atoms with Crippen molar-refractivity contribution in [2.24, 2.45) is 5.73 Å². The summed E-state index contributed by atoms with van der Waals surface area (Å²) >= 11 is 1.47. The largest absolute Gasteiger partial charge is 0.317 e. The van der Waals surface area contributed by atoms with E-state index in [0.717, 1.165) is 4.88 Å². The molecule has 0 saturated carbocycles. The minimum atomic E-state index is -0.551. The second kappa shape index (κ2) is 4.44. The van der Waals surface area contributed by atoms with Crippen molar-refractivity contribution in [3.8, 4) is 0 Å². The molecule has 0 spiro atoms. The Kier molecular flexibility index (Phi) is 4.27. The maximum Gasteiger partial charge on any atom is 0.222 e. The van der Waals surface area contributed by atoms with Gasteiger partial charge in [0.15, 0.2) is 0 Å². The van der Waals surface area contributed by atoms with Gasteiger partial charge < -0.3 is 5.73 Å². The van der Waals surface area contributed by atoms with Crippen molar-refractivity contribution in [3.05, 3.63) is 22.4 Å². The standard InChI is InChI=1S/C6H6NOS.ClH/c7-5(4-8)6-2-1-3-9-6;/h1-3,5H,7H2;1H. The van der Waals surface area contributed by atoms with E-state index in [-0.39, 0.29) is 12.4 Å². The molecule has 1 unspecified atom stereocenters. The summed E-state index contributed by atoms with van der Waals surface area (Å²) in [5, 5.41) is 1.88. The summed E-state index contributed by atoms with van der Waals surface area (Å²) in [5.74, 6) is 0. The predicted molar refractivity (Wildman–Crippen MR) is 44.2 cm³/mol. The molecule has 1 atom stereocenters. The zero-order valence-corrected chi connectivity index (χ0v) is 6.74. The fraction of sp³-hybridized carbons (Fsp3) is 0.167. The highest BCUT2D eigenvalue weighted by molar-refractivity contribution is 7.10. The van der Waals surface area contributed by atoms with Crippen LogP contribution in [0.5, 0.6) is 0 Å². The second-order valence-corrected chi connectivity index (χ2v) is 2.59. The molecule has 1 rings (SSSR count). The van der Waals surface area contributed by atoms with E-state index in [1.54, 1.807) is 6.29 Å². The van der Waals surface area contributed by atoms with Gasteiger partial charge in [0.25, 0.3) is 0 Å². The van der Waals surface area contributed by atoms with Crippen LogP contribution in [0.2, 0.25) is 0 Å². The van der Waals surface area contributed by atoms with Gasteiger partial charge >= 0.3 is 0 Å². The highest BCUT2D eigenvalue weighted by Gasteiger charge is 2.03. The summed E-state index contributed by atoms with van der Waals surface area (Å²) < 4.78 is 0. The maximum absolute atomic E-state index is 9.96. The molecule has 2 N–H and O–H groups in total. The Morgan fingerprint density at radius 3 is 2.80 bits per heavy atom. The summed E-state index contributed by atoms with van der Waals surface area (Å²) in [7, 11) is 0. The minimum absolute atomic E-state index is 0. The lowest BCUT2D eigenvalue weighted by atomic mass is 10.3. The number of rotatable bonds is 2. The highest BCUT2D eigenvalue weighted by atomic mass is 35.5. The lowest BCUT2D eigenvalue weighted by Gasteiger charge is -1.94. The van der Waals surface area contributed by atoms with Gasteiger partial charge in [-0.15, -0.1) is 23.7 Å². The van der Waals surface area contributed by atoms with E-state index in [4.69, 9.17) is 5.73 Å². The molecule has 0 bridgehead atoms. The third kappa shape index (κ3) is 2.10. The SMILES string of the molecule is Cl.NC([C]=O)c1cccs1. The molecule has 0 aromatic carbocycles. The summed E-state index contributed by atoms with van der Waals surface area (Å²) in [6.07, 6.45) is 1.71. The lowest BCUT2D eigenvalue weighted by molar-refractivity contribution is 0.545. The van der Waals surface area contributed by atoms with Crippen LogP contribution in [0, 0.1) is 0 Å². The van der Waals surface area contributed by atoms with Crippen molar-refractivity contribution in [2.45, 2.75) is 6.04 Å². The summed E-state index contributed by atoms with van der Waals surface area (Å²) in [6.45, 7) is 0. The van der Waals surface area contributed by atoms with E-state index in [1.807, 2.05) is 17.5 Å². The Labute approximate surface area is 69.5 Å². The molecule has 1 heterocycles. The first-order valence-corrected chi connectivity index (χ1v) is 3.39. The fourth-order valence-electron chi connectivity index (χ4n) is 0.526. The minimum Gasteiger partial charge on any atom is -0.317 e. The topological polar surface area (TPSA) is 43.1 Å². The van der Waals surface area contributed by atoms with Crippen LogP contribution in [0.1, 0.15) is 10.9 Å². The van der Waals surface area contributed by atoms with E-state index in [2.05, 4.69) is 0 Å². The van der Waals surface area contributed by atoms with E-state index < -0.39 is 6.04 Å². The van der Waals surface area contributed by atoms with Crippen molar-refractivity contribution in [3.63, 3.8) is 0 Å². The van der Waals surface area contributed by atoms with Crippen LogP contribution in [0.25, 0.3) is 0 Å².